The fraction of sp³-hybridized carbons (Fsp3) is 0.200. The number of rotatable bonds is 4. The van der Waals surface area contributed by atoms with Crippen LogP contribution in [0.3, 0.4) is 0 Å². The highest BCUT2D eigenvalue weighted by molar-refractivity contribution is 5.84. The van der Waals surface area contributed by atoms with Crippen LogP contribution in [-0.4, -0.2) is 19.2 Å². The predicted octanol–water partition coefficient (Wildman–Crippen LogP) is 3.71. The number of esters is 1. The number of methoxy groups -OCH3 is 1. The Balaban J connectivity index is 2.06. The van der Waals surface area contributed by atoms with Gasteiger partial charge in [-0.05, 0) is 31.5 Å². The van der Waals surface area contributed by atoms with Crippen molar-refractivity contribution in [3.63, 3.8) is 0 Å². The fourth-order valence-corrected chi connectivity index (χ4v) is 2.72. The summed E-state index contributed by atoms with van der Waals surface area (Å²) in [5.74, 6) is 0.486. The van der Waals surface area contributed by atoms with Gasteiger partial charge in [0.15, 0.2) is 6.10 Å². The van der Waals surface area contributed by atoms with Crippen LogP contribution in [0, 0.1) is 6.92 Å². The molecule has 0 bridgehead atoms. The van der Waals surface area contributed by atoms with Gasteiger partial charge < -0.3 is 13.9 Å². The van der Waals surface area contributed by atoms with Crippen LogP contribution in [0.5, 0.6) is 5.75 Å². The van der Waals surface area contributed by atoms with Crippen molar-refractivity contribution in [1.29, 1.82) is 0 Å². The monoisotopic (exact) mass is 338 g/mol. The molecule has 0 aliphatic carbocycles. The summed E-state index contributed by atoms with van der Waals surface area (Å²) in [6.07, 6.45) is -0.751. The van der Waals surface area contributed by atoms with E-state index in [1.165, 1.54) is 7.11 Å². The molecule has 3 aromatic rings. The maximum Gasteiger partial charge on any atom is 0.346 e. The average Bonchev–Trinajstić information content (AvgIpc) is 2.61. The fourth-order valence-electron chi connectivity index (χ4n) is 2.72. The zero-order valence-corrected chi connectivity index (χ0v) is 14.2. The summed E-state index contributed by atoms with van der Waals surface area (Å²) >= 11 is 0. The Bertz CT molecular complexity index is 973. The summed E-state index contributed by atoms with van der Waals surface area (Å²) in [5.41, 5.74) is 1.68. The molecule has 0 fully saturated rings. The number of benzene rings is 2. The van der Waals surface area contributed by atoms with Crippen molar-refractivity contribution in [2.24, 2.45) is 0 Å². The Morgan fingerprint density at radius 2 is 1.84 bits per heavy atom. The Morgan fingerprint density at radius 3 is 2.52 bits per heavy atom. The lowest BCUT2D eigenvalue weighted by Gasteiger charge is -2.13. The molecule has 0 saturated heterocycles. The summed E-state index contributed by atoms with van der Waals surface area (Å²) in [6, 6.07) is 14.3. The second-order valence-electron chi connectivity index (χ2n) is 5.67. The van der Waals surface area contributed by atoms with Gasteiger partial charge in [0.1, 0.15) is 17.1 Å². The van der Waals surface area contributed by atoms with E-state index in [1.54, 1.807) is 32.0 Å². The molecular formula is C20H18O5. The third-order valence-electron chi connectivity index (χ3n) is 3.95. The van der Waals surface area contributed by atoms with Gasteiger partial charge >= 0.3 is 5.97 Å². The number of carbonyl (C=O) groups excluding carboxylic acids is 1. The van der Waals surface area contributed by atoms with Gasteiger partial charge in [0.05, 0.1) is 18.1 Å². The molecule has 5 heteroatoms. The van der Waals surface area contributed by atoms with Crippen LogP contribution < -0.4 is 10.2 Å². The molecule has 25 heavy (non-hydrogen) atoms. The first-order chi connectivity index (χ1) is 12.0. The van der Waals surface area contributed by atoms with Crippen molar-refractivity contribution in [2.45, 2.75) is 20.0 Å². The highest BCUT2D eigenvalue weighted by Crippen LogP contribution is 2.26. The molecule has 0 saturated carbocycles. The van der Waals surface area contributed by atoms with Gasteiger partial charge in [-0.15, -0.1) is 0 Å². The van der Waals surface area contributed by atoms with E-state index in [0.717, 1.165) is 5.56 Å². The Kier molecular flexibility index (Phi) is 4.57. The second kappa shape index (κ2) is 6.81. The molecule has 1 heterocycles. The predicted molar refractivity (Wildman–Crippen MR) is 94.8 cm³/mol. The highest BCUT2D eigenvalue weighted by Gasteiger charge is 2.17. The van der Waals surface area contributed by atoms with E-state index < -0.39 is 12.1 Å². The molecule has 3 rings (SSSR count). The lowest BCUT2D eigenvalue weighted by atomic mass is 10.0. The highest BCUT2D eigenvalue weighted by atomic mass is 16.6. The Morgan fingerprint density at radius 1 is 1.12 bits per heavy atom. The van der Waals surface area contributed by atoms with Crippen LogP contribution in [0.15, 0.2) is 57.7 Å². The topological polar surface area (TPSA) is 65.7 Å². The molecule has 128 valence electrons. The lowest BCUT2D eigenvalue weighted by molar-refractivity contribution is -0.147. The minimum Gasteiger partial charge on any atom is -0.479 e. The minimum absolute atomic E-state index is 0.0995. The van der Waals surface area contributed by atoms with Crippen molar-refractivity contribution in [1.82, 2.24) is 0 Å². The quantitative estimate of drug-likeness (QED) is 0.679. The molecular weight excluding hydrogens is 320 g/mol. The number of fused-ring (bicyclic) bond motifs is 1. The molecule has 0 N–H and O–H groups in total. The number of aryl methyl sites for hydroxylation is 1. The van der Waals surface area contributed by atoms with Crippen molar-refractivity contribution in [2.75, 3.05) is 7.11 Å². The van der Waals surface area contributed by atoms with Crippen LogP contribution in [0.2, 0.25) is 0 Å². The third-order valence-corrected chi connectivity index (χ3v) is 3.95. The molecule has 0 radical (unpaired) electrons. The van der Waals surface area contributed by atoms with Gasteiger partial charge in [-0.25, -0.2) is 4.79 Å². The average molecular weight is 338 g/mol. The number of hydrogen-bond donors (Lipinski definition) is 0. The second-order valence-corrected chi connectivity index (χ2v) is 5.67. The van der Waals surface area contributed by atoms with Gasteiger partial charge in [0.2, 0.25) is 5.43 Å². The van der Waals surface area contributed by atoms with E-state index >= 15 is 0 Å². The van der Waals surface area contributed by atoms with Crippen molar-refractivity contribution >= 4 is 16.9 Å². The summed E-state index contributed by atoms with van der Waals surface area (Å²) in [4.78, 5) is 24.3. The lowest BCUT2D eigenvalue weighted by Crippen LogP contribution is -2.24. The van der Waals surface area contributed by atoms with Gasteiger partial charge in [0.25, 0.3) is 0 Å². The number of ether oxygens (including phenoxy) is 2. The summed E-state index contributed by atoms with van der Waals surface area (Å²) < 4.78 is 16.0. The van der Waals surface area contributed by atoms with E-state index in [9.17, 15) is 9.59 Å². The zero-order valence-electron chi connectivity index (χ0n) is 14.2. The normalized spacial score (nSPS) is 12.0. The molecule has 0 amide bonds. The van der Waals surface area contributed by atoms with E-state index in [1.807, 2.05) is 30.3 Å². The number of carbonyl (C=O) groups is 1. The zero-order chi connectivity index (χ0) is 18.0. The van der Waals surface area contributed by atoms with Crippen LogP contribution in [0.1, 0.15) is 12.7 Å². The van der Waals surface area contributed by atoms with Crippen molar-refractivity contribution < 1.29 is 18.7 Å². The maximum absolute atomic E-state index is 12.9. The molecule has 2 aromatic carbocycles. The van der Waals surface area contributed by atoms with Crippen molar-refractivity contribution in [3.8, 4) is 16.9 Å². The maximum atomic E-state index is 12.9. The van der Waals surface area contributed by atoms with Crippen molar-refractivity contribution in [3.05, 3.63) is 64.5 Å². The number of hydrogen-bond acceptors (Lipinski definition) is 5. The first-order valence-corrected chi connectivity index (χ1v) is 7.88. The third kappa shape index (κ3) is 3.26. The van der Waals surface area contributed by atoms with E-state index in [-0.39, 0.29) is 5.43 Å². The first kappa shape index (κ1) is 16.8. The van der Waals surface area contributed by atoms with Crippen LogP contribution in [0.4, 0.5) is 0 Å². The minimum atomic E-state index is -0.751. The van der Waals surface area contributed by atoms with Gasteiger partial charge in [-0.2, -0.15) is 0 Å². The summed E-state index contributed by atoms with van der Waals surface area (Å²) in [5, 5.41) is 0.461. The first-order valence-electron chi connectivity index (χ1n) is 7.88. The molecule has 1 atom stereocenters. The molecule has 0 spiro atoms. The summed E-state index contributed by atoms with van der Waals surface area (Å²) in [7, 11) is 1.30. The van der Waals surface area contributed by atoms with E-state index in [0.29, 0.717) is 28.0 Å². The molecule has 5 nitrogen and oxygen atoms in total. The smallest absolute Gasteiger partial charge is 0.346 e. The standard InChI is InChI=1S/C20H18O5/c1-12-18(14-7-5-4-6-8-14)19(21)16-10-9-15(11-17(16)25-12)24-13(2)20(22)23-3/h4-11,13H,1-3H3/t13-/m0/s1. The van der Waals surface area contributed by atoms with Gasteiger partial charge in [0, 0.05) is 6.07 Å². The van der Waals surface area contributed by atoms with Gasteiger partial charge in [-0.1, -0.05) is 30.3 Å². The SMILES string of the molecule is COC(=O)[C@H](C)Oc1ccc2c(=O)c(-c3ccccc3)c(C)oc2c1. The Labute approximate surface area is 144 Å². The van der Waals surface area contributed by atoms with E-state index in [2.05, 4.69) is 4.74 Å². The molecule has 0 aliphatic heterocycles. The van der Waals surface area contributed by atoms with E-state index in [4.69, 9.17) is 9.15 Å². The van der Waals surface area contributed by atoms with Crippen LogP contribution >= 0.6 is 0 Å². The van der Waals surface area contributed by atoms with Gasteiger partial charge in [-0.3, -0.25) is 4.79 Å². The van der Waals surface area contributed by atoms with Crippen LogP contribution in [-0.2, 0) is 9.53 Å². The summed E-state index contributed by atoms with van der Waals surface area (Å²) in [6.45, 7) is 3.35. The largest absolute Gasteiger partial charge is 0.479 e. The molecule has 1 aromatic heterocycles. The molecule has 0 unspecified atom stereocenters. The van der Waals surface area contributed by atoms with Crippen LogP contribution in [0.25, 0.3) is 22.1 Å². The Hall–Kier alpha value is -3.08. The molecule has 0 aliphatic rings.